The number of nitrogens with zero attached hydrogens (tertiary/aromatic N) is 3. The van der Waals surface area contributed by atoms with Crippen LogP contribution in [0.25, 0.3) is 33.5 Å². The molecule has 0 saturated carbocycles. The summed E-state index contributed by atoms with van der Waals surface area (Å²) in [7, 11) is 1.62. The zero-order chi connectivity index (χ0) is 26.4. The number of aromatic nitrogens is 3. The highest BCUT2D eigenvalue weighted by Gasteiger charge is 2.34. The number of hydrogen-bond donors (Lipinski definition) is 3. The van der Waals surface area contributed by atoms with Crippen LogP contribution in [-0.2, 0) is 4.74 Å². The van der Waals surface area contributed by atoms with E-state index in [0.717, 1.165) is 45.7 Å². The Bertz CT molecular complexity index is 1470. The number of aromatic amines is 1. The Kier molecular flexibility index (Phi) is 6.69. The molecule has 2 aromatic heterocycles. The normalized spacial score (nSPS) is 20.1. The first kappa shape index (κ1) is 25.1. The third-order valence-corrected chi connectivity index (χ3v) is 7.54. The molecule has 0 radical (unpaired) electrons. The number of benzene rings is 2. The predicted molar refractivity (Wildman–Crippen MR) is 145 cm³/mol. The van der Waals surface area contributed by atoms with Gasteiger partial charge in [-0.2, -0.15) is 0 Å². The lowest BCUT2D eigenvalue weighted by Crippen LogP contribution is -2.59. The van der Waals surface area contributed by atoms with Gasteiger partial charge in [0.2, 0.25) is 0 Å². The third kappa shape index (κ3) is 4.71. The van der Waals surface area contributed by atoms with Crippen molar-refractivity contribution in [3.05, 3.63) is 59.1 Å². The van der Waals surface area contributed by atoms with Crippen molar-refractivity contribution in [3.63, 3.8) is 0 Å². The Morgan fingerprint density at radius 1 is 1.24 bits per heavy atom. The Morgan fingerprint density at radius 2 is 2.08 bits per heavy atom. The average molecular weight is 538 g/mol. The summed E-state index contributed by atoms with van der Waals surface area (Å²) in [6.45, 7) is 4.34. The van der Waals surface area contributed by atoms with Crippen LogP contribution in [0.15, 0.2) is 42.6 Å². The molecule has 38 heavy (non-hydrogen) atoms. The number of ether oxygens (including phenoxy) is 2. The van der Waals surface area contributed by atoms with Crippen molar-refractivity contribution in [1.29, 1.82) is 0 Å². The fourth-order valence-corrected chi connectivity index (χ4v) is 5.55. The number of hydrogen-bond acceptors (Lipinski definition) is 7. The monoisotopic (exact) mass is 537 g/mol. The molecular formula is C28H29ClFN5O3. The average Bonchev–Trinajstić information content (AvgIpc) is 3.28. The lowest BCUT2D eigenvalue weighted by Gasteiger charge is -2.41. The van der Waals surface area contributed by atoms with Crippen LogP contribution < -0.4 is 15.0 Å². The van der Waals surface area contributed by atoms with Crippen LogP contribution >= 0.6 is 11.6 Å². The van der Waals surface area contributed by atoms with E-state index >= 15 is 0 Å². The molecule has 2 aromatic carbocycles. The summed E-state index contributed by atoms with van der Waals surface area (Å²) in [5.74, 6) is 0.932. The zero-order valence-corrected chi connectivity index (χ0v) is 21.9. The Morgan fingerprint density at radius 3 is 2.79 bits per heavy atom. The van der Waals surface area contributed by atoms with Crippen LogP contribution in [0.1, 0.15) is 12.1 Å². The number of piperidine rings is 1. The standard InChI is InChI=1S/C28H29ClFN5O3/c1-15-26(28-33-22-4-3-20(37-2)10-24(22)34-28)27(21(11-31-15)16-7-17(29)9-18(30)8-16)35-6-5-23(25(36)12-35)32-19-13-38-14-19/h3-4,7-11,19,23,25,32,36H,5-6,12-14H2,1-2H3,(H,33,34)/t23-,25+/m1/s1. The SMILES string of the molecule is COc1ccc2nc(-c3c(C)ncc(-c4cc(F)cc(Cl)c4)c3N3CC[C@@H](NC4COC4)[C@@H](O)C3)[nH]c2c1. The van der Waals surface area contributed by atoms with Crippen molar-refractivity contribution in [2.75, 3.05) is 38.3 Å². The summed E-state index contributed by atoms with van der Waals surface area (Å²) >= 11 is 6.26. The van der Waals surface area contributed by atoms with Gasteiger partial charge in [-0.3, -0.25) is 4.98 Å². The van der Waals surface area contributed by atoms with Crippen molar-refractivity contribution in [2.45, 2.75) is 31.5 Å². The number of anilines is 1. The first-order chi connectivity index (χ1) is 18.4. The molecule has 3 N–H and O–H groups in total. The number of fused-ring (bicyclic) bond motifs is 1. The molecule has 4 aromatic rings. The second-order valence-corrected chi connectivity index (χ2v) is 10.4. The lowest BCUT2D eigenvalue weighted by molar-refractivity contribution is -0.0214. The summed E-state index contributed by atoms with van der Waals surface area (Å²) in [5.41, 5.74) is 5.33. The van der Waals surface area contributed by atoms with Gasteiger partial charge in [0.25, 0.3) is 0 Å². The highest BCUT2D eigenvalue weighted by Crippen LogP contribution is 2.42. The molecule has 0 unspecified atom stereocenters. The summed E-state index contributed by atoms with van der Waals surface area (Å²) < 4.78 is 25.1. The van der Waals surface area contributed by atoms with E-state index in [4.69, 9.17) is 26.1 Å². The van der Waals surface area contributed by atoms with E-state index < -0.39 is 11.9 Å². The van der Waals surface area contributed by atoms with Crippen LogP contribution in [-0.4, -0.2) is 71.7 Å². The summed E-state index contributed by atoms with van der Waals surface area (Å²) in [4.78, 5) is 15.1. The van der Waals surface area contributed by atoms with E-state index in [0.29, 0.717) is 42.7 Å². The van der Waals surface area contributed by atoms with Crippen molar-refractivity contribution in [2.24, 2.45) is 0 Å². The van der Waals surface area contributed by atoms with Crippen molar-refractivity contribution in [3.8, 4) is 28.3 Å². The summed E-state index contributed by atoms with van der Waals surface area (Å²) in [5, 5.41) is 15.0. The van der Waals surface area contributed by atoms with E-state index in [1.54, 1.807) is 19.4 Å². The van der Waals surface area contributed by atoms with Crippen LogP contribution in [0.4, 0.5) is 10.1 Å². The lowest BCUT2D eigenvalue weighted by atomic mass is 9.95. The molecule has 2 fully saturated rings. The molecule has 0 bridgehead atoms. The molecule has 2 saturated heterocycles. The zero-order valence-electron chi connectivity index (χ0n) is 21.2. The molecule has 198 valence electrons. The van der Waals surface area contributed by atoms with Gasteiger partial charge in [0.05, 0.1) is 60.4 Å². The van der Waals surface area contributed by atoms with E-state index in [-0.39, 0.29) is 12.1 Å². The highest BCUT2D eigenvalue weighted by molar-refractivity contribution is 6.30. The number of aliphatic hydroxyl groups excluding tert-OH is 1. The molecule has 8 nitrogen and oxygen atoms in total. The van der Waals surface area contributed by atoms with Gasteiger partial charge in [-0.05, 0) is 49.2 Å². The molecule has 2 aliphatic heterocycles. The number of methoxy groups -OCH3 is 1. The summed E-state index contributed by atoms with van der Waals surface area (Å²) in [6, 6.07) is 10.4. The number of nitrogens with one attached hydrogen (secondary N) is 2. The second kappa shape index (κ2) is 10.1. The van der Waals surface area contributed by atoms with Crippen LogP contribution in [0.2, 0.25) is 5.02 Å². The quantitative estimate of drug-likeness (QED) is 0.337. The molecule has 0 spiro atoms. The number of β-amino-alcohol motifs (C(OH)–C–C–N with tert-alkyl or cyclic N) is 1. The number of H-pyrrole nitrogens is 1. The minimum atomic E-state index is -0.602. The minimum Gasteiger partial charge on any atom is -0.497 e. The van der Waals surface area contributed by atoms with Gasteiger partial charge in [-0.25, -0.2) is 9.37 Å². The van der Waals surface area contributed by atoms with E-state index in [1.807, 2.05) is 25.1 Å². The van der Waals surface area contributed by atoms with Gasteiger partial charge in [0.15, 0.2) is 0 Å². The molecule has 0 amide bonds. The number of aliphatic hydroxyl groups is 1. The van der Waals surface area contributed by atoms with Gasteiger partial charge in [0, 0.05) is 42.0 Å². The summed E-state index contributed by atoms with van der Waals surface area (Å²) in [6.07, 6.45) is 1.88. The molecule has 6 rings (SSSR count). The van der Waals surface area contributed by atoms with Gasteiger partial charge in [0.1, 0.15) is 17.4 Å². The molecule has 2 aliphatic rings. The van der Waals surface area contributed by atoms with E-state index in [2.05, 4.69) is 20.2 Å². The van der Waals surface area contributed by atoms with Gasteiger partial charge >= 0.3 is 0 Å². The molecular weight excluding hydrogens is 509 g/mol. The third-order valence-electron chi connectivity index (χ3n) is 7.33. The molecule has 0 aliphatic carbocycles. The number of rotatable bonds is 6. The maximum atomic E-state index is 14.5. The van der Waals surface area contributed by atoms with E-state index in [9.17, 15) is 9.50 Å². The smallest absolute Gasteiger partial charge is 0.142 e. The van der Waals surface area contributed by atoms with Gasteiger partial charge in [-0.15, -0.1) is 0 Å². The second-order valence-electron chi connectivity index (χ2n) is 9.92. The van der Waals surface area contributed by atoms with Crippen LogP contribution in [0.3, 0.4) is 0 Å². The number of halogens is 2. The maximum absolute atomic E-state index is 14.5. The Balaban J connectivity index is 1.47. The van der Waals surface area contributed by atoms with Gasteiger partial charge < -0.3 is 29.8 Å². The Hall–Kier alpha value is -3.24. The van der Waals surface area contributed by atoms with Crippen LogP contribution in [0.5, 0.6) is 5.75 Å². The van der Waals surface area contributed by atoms with Crippen molar-refractivity contribution in [1.82, 2.24) is 20.3 Å². The largest absolute Gasteiger partial charge is 0.497 e. The maximum Gasteiger partial charge on any atom is 0.142 e. The number of pyridine rings is 1. The fraction of sp³-hybridized carbons (Fsp3) is 0.357. The first-order valence-electron chi connectivity index (χ1n) is 12.7. The van der Waals surface area contributed by atoms with Crippen molar-refractivity contribution >= 4 is 28.3 Å². The number of aryl methyl sites for hydroxylation is 1. The van der Waals surface area contributed by atoms with Crippen LogP contribution in [0, 0.1) is 12.7 Å². The van der Waals surface area contributed by atoms with E-state index in [1.165, 1.54) is 12.1 Å². The first-order valence-corrected chi connectivity index (χ1v) is 13.0. The molecule has 2 atom stereocenters. The molecule has 10 heteroatoms. The number of imidazole rings is 1. The highest BCUT2D eigenvalue weighted by atomic mass is 35.5. The minimum absolute atomic E-state index is 0.0303. The Labute approximate surface area is 224 Å². The fourth-order valence-electron chi connectivity index (χ4n) is 5.32. The molecule has 4 heterocycles. The topological polar surface area (TPSA) is 95.5 Å². The predicted octanol–water partition coefficient (Wildman–Crippen LogP) is 4.33. The van der Waals surface area contributed by atoms with Crippen molar-refractivity contribution < 1.29 is 19.0 Å². The van der Waals surface area contributed by atoms with Gasteiger partial charge in [-0.1, -0.05) is 11.6 Å².